The van der Waals surface area contributed by atoms with Gasteiger partial charge in [0.2, 0.25) is 5.91 Å². The molecule has 0 aliphatic carbocycles. The molecule has 0 fully saturated rings. The number of carbonyl (C=O) groups excluding carboxylic acids is 2. The van der Waals surface area contributed by atoms with Crippen LogP contribution in [0.1, 0.15) is 22.8 Å². The molecule has 0 radical (unpaired) electrons. The van der Waals surface area contributed by atoms with Crippen molar-refractivity contribution >= 4 is 40.6 Å². The summed E-state index contributed by atoms with van der Waals surface area (Å²) in [5.74, 6) is 0.183. The van der Waals surface area contributed by atoms with Crippen LogP contribution in [-0.2, 0) is 11.2 Å². The first-order valence-electron chi connectivity index (χ1n) is 6.84. The van der Waals surface area contributed by atoms with Crippen LogP contribution >= 0.6 is 23.2 Å². The van der Waals surface area contributed by atoms with Crippen LogP contribution in [0.25, 0.3) is 0 Å². The van der Waals surface area contributed by atoms with Crippen molar-refractivity contribution in [2.75, 3.05) is 12.4 Å². The summed E-state index contributed by atoms with van der Waals surface area (Å²) in [6.45, 7) is 1.47. The minimum Gasteiger partial charge on any atom is -0.496 e. The molecule has 2 aromatic rings. The number of rotatable bonds is 5. The van der Waals surface area contributed by atoms with Gasteiger partial charge in [-0.1, -0.05) is 29.3 Å². The van der Waals surface area contributed by atoms with Crippen LogP contribution in [0, 0.1) is 0 Å². The second-order valence-electron chi connectivity index (χ2n) is 4.91. The molecule has 23 heavy (non-hydrogen) atoms. The third-order valence-electron chi connectivity index (χ3n) is 3.26. The molecule has 0 saturated heterocycles. The van der Waals surface area contributed by atoms with Crippen molar-refractivity contribution in [3.8, 4) is 5.75 Å². The van der Waals surface area contributed by atoms with E-state index in [4.69, 9.17) is 27.9 Å². The fraction of sp³-hybridized carbons (Fsp3) is 0.176. The van der Waals surface area contributed by atoms with Gasteiger partial charge < -0.3 is 10.1 Å². The van der Waals surface area contributed by atoms with E-state index in [0.717, 1.165) is 0 Å². The molecule has 0 aliphatic rings. The molecule has 0 unspecified atom stereocenters. The Labute approximate surface area is 144 Å². The van der Waals surface area contributed by atoms with Gasteiger partial charge >= 0.3 is 0 Å². The van der Waals surface area contributed by atoms with E-state index in [1.165, 1.54) is 14.0 Å². The number of halogens is 2. The zero-order valence-electron chi connectivity index (χ0n) is 12.7. The number of ketones is 1. The molecular weight excluding hydrogens is 337 g/mol. The van der Waals surface area contributed by atoms with Crippen LogP contribution in [0.2, 0.25) is 10.0 Å². The lowest BCUT2D eigenvalue weighted by molar-refractivity contribution is -0.115. The highest BCUT2D eigenvalue weighted by Crippen LogP contribution is 2.30. The number of methoxy groups -OCH3 is 1. The van der Waals surface area contributed by atoms with Crippen molar-refractivity contribution in [2.45, 2.75) is 13.3 Å². The lowest BCUT2D eigenvalue weighted by Gasteiger charge is -2.11. The molecule has 0 aromatic heterocycles. The lowest BCUT2D eigenvalue weighted by Crippen LogP contribution is -2.15. The molecule has 0 bridgehead atoms. The van der Waals surface area contributed by atoms with Crippen LogP contribution in [0.15, 0.2) is 36.4 Å². The number of Topliss-reactive ketones (excluding diaryl/α,β-unsaturated/α-hetero) is 1. The van der Waals surface area contributed by atoms with Gasteiger partial charge in [-0.25, -0.2) is 0 Å². The maximum Gasteiger partial charge on any atom is 0.228 e. The molecule has 2 aromatic carbocycles. The van der Waals surface area contributed by atoms with Crippen molar-refractivity contribution in [2.24, 2.45) is 0 Å². The number of amides is 1. The van der Waals surface area contributed by atoms with Gasteiger partial charge in [0.05, 0.1) is 29.3 Å². The van der Waals surface area contributed by atoms with Crippen molar-refractivity contribution < 1.29 is 14.3 Å². The summed E-state index contributed by atoms with van der Waals surface area (Å²) in [7, 11) is 1.51. The van der Waals surface area contributed by atoms with Gasteiger partial charge in [-0.15, -0.1) is 0 Å². The second kappa shape index (κ2) is 7.49. The lowest BCUT2D eigenvalue weighted by atomic mass is 10.0. The van der Waals surface area contributed by atoms with E-state index in [2.05, 4.69) is 5.32 Å². The van der Waals surface area contributed by atoms with Gasteiger partial charge in [0, 0.05) is 11.1 Å². The maximum atomic E-state index is 12.2. The summed E-state index contributed by atoms with van der Waals surface area (Å²) in [6, 6.07) is 9.98. The second-order valence-corrected chi connectivity index (χ2v) is 5.69. The zero-order chi connectivity index (χ0) is 17.0. The first-order chi connectivity index (χ1) is 10.9. The zero-order valence-corrected chi connectivity index (χ0v) is 14.2. The standard InChI is InChI=1S/C17H15Cl2NO3/c1-10(21)11-6-7-15(23-2)12(8-11)9-16(22)20-14-5-3-4-13(18)17(14)19/h3-8H,9H2,1-2H3,(H,20,22). The molecule has 0 saturated carbocycles. The Morgan fingerprint density at radius 3 is 2.57 bits per heavy atom. The third kappa shape index (κ3) is 4.24. The van der Waals surface area contributed by atoms with E-state index in [1.807, 2.05) is 0 Å². The van der Waals surface area contributed by atoms with E-state index in [-0.39, 0.29) is 23.1 Å². The molecule has 1 N–H and O–H groups in total. The molecule has 0 aliphatic heterocycles. The largest absolute Gasteiger partial charge is 0.496 e. The summed E-state index contributed by atoms with van der Waals surface area (Å²) in [4.78, 5) is 23.7. The van der Waals surface area contributed by atoms with Crippen molar-refractivity contribution in [1.82, 2.24) is 0 Å². The van der Waals surface area contributed by atoms with Crippen LogP contribution in [0.3, 0.4) is 0 Å². The predicted octanol–water partition coefficient (Wildman–Crippen LogP) is 4.39. The number of ether oxygens (including phenoxy) is 1. The Morgan fingerprint density at radius 1 is 1.17 bits per heavy atom. The Bertz CT molecular complexity index is 759. The average molecular weight is 352 g/mol. The van der Waals surface area contributed by atoms with Crippen molar-refractivity contribution in [3.63, 3.8) is 0 Å². The minimum absolute atomic E-state index is 0.0487. The van der Waals surface area contributed by atoms with Crippen LogP contribution < -0.4 is 10.1 Å². The van der Waals surface area contributed by atoms with E-state index in [1.54, 1.807) is 36.4 Å². The third-order valence-corrected chi connectivity index (χ3v) is 4.08. The first-order valence-corrected chi connectivity index (χ1v) is 7.59. The van der Waals surface area contributed by atoms with Gasteiger partial charge in [-0.2, -0.15) is 0 Å². The summed E-state index contributed by atoms with van der Waals surface area (Å²) in [6.07, 6.45) is 0.0487. The first kappa shape index (κ1) is 17.3. The molecule has 4 nitrogen and oxygen atoms in total. The highest BCUT2D eigenvalue weighted by molar-refractivity contribution is 6.44. The number of hydrogen-bond donors (Lipinski definition) is 1. The summed E-state index contributed by atoms with van der Waals surface area (Å²) < 4.78 is 5.24. The van der Waals surface area contributed by atoms with Gasteiger partial charge in [0.1, 0.15) is 5.75 Å². The van der Waals surface area contributed by atoms with Gasteiger partial charge in [0.15, 0.2) is 5.78 Å². The average Bonchev–Trinajstić information content (AvgIpc) is 2.51. The molecule has 1 amide bonds. The molecule has 2 rings (SSSR count). The normalized spacial score (nSPS) is 10.3. The molecule has 120 valence electrons. The number of carbonyl (C=O) groups is 2. The van der Waals surface area contributed by atoms with E-state index < -0.39 is 0 Å². The molecule has 0 atom stereocenters. The summed E-state index contributed by atoms with van der Waals surface area (Å²) in [5, 5.41) is 3.35. The van der Waals surface area contributed by atoms with Crippen molar-refractivity contribution in [3.05, 3.63) is 57.6 Å². The Kier molecular flexibility index (Phi) is 5.64. The molecular formula is C17H15Cl2NO3. The monoisotopic (exact) mass is 351 g/mol. The maximum absolute atomic E-state index is 12.2. The highest BCUT2D eigenvalue weighted by Gasteiger charge is 2.13. The number of anilines is 1. The predicted molar refractivity (Wildman–Crippen MR) is 91.8 cm³/mol. The Hall–Kier alpha value is -2.04. The SMILES string of the molecule is COc1ccc(C(C)=O)cc1CC(=O)Nc1cccc(Cl)c1Cl. The number of benzene rings is 2. The minimum atomic E-state index is -0.284. The van der Waals surface area contributed by atoms with E-state index in [9.17, 15) is 9.59 Å². The highest BCUT2D eigenvalue weighted by atomic mass is 35.5. The quantitative estimate of drug-likeness (QED) is 0.813. The topological polar surface area (TPSA) is 55.4 Å². The van der Waals surface area contributed by atoms with Crippen LogP contribution in [-0.4, -0.2) is 18.8 Å². The van der Waals surface area contributed by atoms with Gasteiger partial charge in [-0.05, 0) is 37.3 Å². The molecule has 0 spiro atoms. The van der Waals surface area contributed by atoms with E-state index >= 15 is 0 Å². The van der Waals surface area contributed by atoms with Gasteiger partial charge in [0.25, 0.3) is 0 Å². The summed E-state index contributed by atoms with van der Waals surface area (Å²) >= 11 is 12.0. The Balaban J connectivity index is 2.21. The fourth-order valence-electron chi connectivity index (χ4n) is 2.10. The van der Waals surface area contributed by atoms with E-state index in [0.29, 0.717) is 27.6 Å². The van der Waals surface area contributed by atoms with Crippen LogP contribution in [0.4, 0.5) is 5.69 Å². The fourth-order valence-corrected chi connectivity index (χ4v) is 2.45. The number of hydrogen-bond acceptors (Lipinski definition) is 3. The molecule has 6 heteroatoms. The Morgan fingerprint density at radius 2 is 1.91 bits per heavy atom. The van der Waals surface area contributed by atoms with Crippen molar-refractivity contribution in [1.29, 1.82) is 0 Å². The smallest absolute Gasteiger partial charge is 0.228 e. The van der Waals surface area contributed by atoms with Gasteiger partial charge in [-0.3, -0.25) is 9.59 Å². The van der Waals surface area contributed by atoms with Crippen LogP contribution in [0.5, 0.6) is 5.75 Å². The summed E-state index contributed by atoms with van der Waals surface area (Å²) in [5.41, 5.74) is 1.58. The molecule has 0 heterocycles. The number of nitrogens with one attached hydrogen (secondary N) is 1.